The van der Waals surface area contributed by atoms with Crippen molar-refractivity contribution in [2.75, 3.05) is 13.7 Å². The van der Waals surface area contributed by atoms with Gasteiger partial charge in [-0.05, 0) is 86.7 Å². The van der Waals surface area contributed by atoms with Crippen LogP contribution < -0.4 is 0 Å². The summed E-state index contributed by atoms with van der Waals surface area (Å²) in [5, 5.41) is 12.6. The number of carbonyl (C=O) groups is 1. The maximum absolute atomic E-state index is 12.6. The lowest BCUT2D eigenvalue weighted by Gasteiger charge is -2.53. The molecule has 246 valence electrons. The van der Waals surface area contributed by atoms with Crippen molar-refractivity contribution in [1.29, 1.82) is 0 Å². The maximum Gasteiger partial charge on any atom is 0.343 e. The fourth-order valence-electron chi connectivity index (χ4n) is 11.1. The predicted octanol–water partition coefficient (Wildman–Crippen LogP) is 7.63. The van der Waals surface area contributed by atoms with Crippen molar-refractivity contribution in [1.82, 2.24) is 4.90 Å². The molecule has 0 amide bonds. The summed E-state index contributed by atoms with van der Waals surface area (Å²) in [4.78, 5) is 15.3. The minimum atomic E-state index is -0.385. The van der Waals surface area contributed by atoms with Crippen LogP contribution in [0.4, 0.5) is 0 Å². The smallest absolute Gasteiger partial charge is 0.343 e. The van der Waals surface area contributed by atoms with E-state index in [1.165, 1.54) is 50.5 Å². The lowest BCUT2D eigenvalue weighted by atomic mass is 9.66. The summed E-state index contributed by atoms with van der Waals surface area (Å²) >= 11 is 0. The predicted molar refractivity (Wildman–Crippen MR) is 177 cm³/mol. The fraction of sp³-hybridized carbons (Fsp3) is 0.625. The molecule has 0 spiro atoms. The summed E-state index contributed by atoms with van der Waals surface area (Å²) < 4.78 is 18.1. The molecule has 4 aliphatic heterocycles. The van der Waals surface area contributed by atoms with Gasteiger partial charge in [-0.2, -0.15) is 0 Å². The number of ether oxygens (including phenoxy) is 3. The molecule has 1 aromatic rings. The van der Waals surface area contributed by atoms with Crippen molar-refractivity contribution in [3.63, 3.8) is 0 Å². The van der Waals surface area contributed by atoms with Gasteiger partial charge in [-0.25, -0.2) is 4.79 Å². The van der Waals surface area contributed by atoms with Gasteiger partial charge in [0.05, 0.1) is 18.8 Å². The lowest BCUT2D eigenvalue weighted by Crippen LogP contribution is -2.61. The summed E-state index contributed by atoms with van der Waals surface area (Å²) in [5.41, 5.74) is 1.93. The third-order valence-electron chi connectivity index (χ3n) is 13.3. The lowest BCUT2D eigenvalue weighted by molar-refractivity contribution is -0.133. The molecule has 2 saturated heterocycles. The Morgan fingerprint density at radius 2 is 1.80 bits per heavy atom. The number of benzene rings is 1. The molecule has 10 unspecified atom stereocenters. The molecule has 10 atom stereocenters. The summed E-state index contributed by atoms with van der Waals surface area (Å²) in [6, 6.07) is 11.5. The number of hydrogen-bond acceptors (Lipinski definition) is 6. The first-order valence-electron chi connectivity index (χ1n) is 18.2. The van der Waals surface area contributed by atoms with E-state index >= 15 is 0 Å². The Hall–Kier alpha value is -2.83. The van der Waals surface area contributed by atoms with Crippen molar-refractivity contribution >= 4 is 5.97 Å². The number of rotatable bonds is 5. The molecular weight excluding hydrogens is 574 g/mol. The highest BCUT2D eigenvalue weighted by Gasteiger charge is 2.57. The van der Waals surface area contributed by atoms with E-state index in [2.05, 4.69) is 60.4 Å². The molecule has 6 nitrogen and oxygen atoms in total. The second-order valence-electron chi connectivity index (χ2n) is 15.4. The van der Waals surface area contributed by atoms with Gasteiger partial charge in [0, 0.05) is 36.4 Å². The Kier molecular flexibility index (Phi) is 8.17. The number of esters is 1. The van der Waals surface area contributed by atoms with Crippen LogP contribution in [-0.4, -0.2) is 47.8 Å². The van der Waals surface area contributed by atoms with Crippen LogP contribution in [0.15, 0.2) is 77.2 Å². The number of hydrogen-bond donors (Lipinski definition) is 1. The molecule has 4 fully saturated rings. The number of carbonyl (C=O) groups excluding carboxylic acids is 1. The second kappa shape index (κ2) is 12.3. The molecule has 0 radical (unpaired) electrons. The van der Waals surface area contributed by atoms with Crippen LogP contribution >= 0.6 is 0 Å². The van der Waals surface area contributed by atoms with Crippen molar-refractivity contribution in [2.45, 2.75) is 102 Å². The number of nitrogens with zero attached hydrogens (tertiary/aromatic N) is 1. The van der Waals surface area contributed by atoms with Gasteiger partial charge in [-0.1, -0.05) is 75.1 Å². The van der Waals surface area contributed by atoms with E-state index in [9.17, 15) is 9.90 Å². The van der Waals surface area contributed by atoms with E-state index in [0.29, 0.717) is 46.5 Å². The number of piperidine rings is 1. The van der Waals surface area contributed by atoms with E-state index in [4.69, 9.17) is 14.2 Å². The third kappa shape index (κ3) is 5.01. The van der Waals surface area contributed by atoms with Gasteiger partial charge in [-0.15, -0.1) is 0 Å². The fourth-order valence-corrected chi connectivity index (χ4v) is 11.1. The molecule has 0 aromatic heterocycles. The first-order chi connectivity index (χ1) is 22.4. The average Bonchev–Trinajstić information content (AvgIpc) is 3.86. The van der Waals surface area contributed by atoms with E-state index in [1.54, 1.807) is 14.0 Å². The SMILES string of the molecule is COC1=C(C)C(=O)OC1=C1OC2=CCCN3C(CC4C(c5ccccc5)CCC4C3C(O)C3C=CCC(C4CCCC4)C3)C2C1C. The molecule has 1 N–H and O–H groups in total. The van der Waals surface area contributed by atoms with Crippen LogP contribution in [0.3, 0.4) is 0 Å². The highest BCUT2D eigenvalue weighted by molar-refractivity contribution is 5.93. The van der Waals surface area contributed by atoms with E-state index in [1.807, 2.05) is 0 Å². The van der Waals surface area contributed by atoms with Gasteiger partial charge >= 0.3 is 5.97 Å². The zero-order valence-electron chi connectivity index (χ0n) is 27.8. The van der Waals surface area contributed by atoms with Crippen LogP contribution in [0.1, 0.15) is 89.5 Å². The van der Waals surface area contributed by atoms with Gasteiger partial charge in [-0.3, -0.25) is 4.90 Å². The van der Waals surface area contributed by atoms with Gasteiger partial charge in [0.2, 0.25) is 5.76 Å². The molecule has 6 heteroatoms. The standard InChI is InChI=1S/C40H51NO5/c1-23-34-32-22-31-29(26-13-5-4-6-14-26)18-19-30(31)35(36(42)28-16-9-15-27(21-28)25-11-7-8-12-25)41(32)20-10-17-33(34)45-38(23)39-37(44-3)24(2)40(43)46-39/h4-6,9,13-14,16-17,23,25,27-32,34-36,42H,7-8,10-12,15,18-22H2,1-3H3. The molecular formula is C40H51NO5. The average molecular weight is 626 g/mol. The quantitative estimate of drug-likeness (QED) is 0.268. The van der Waals surface area contributed by atoms with Crippen LogP contribution in [0, 0.1) is 41.4 Å². The van der Waals surface area contributed by atoms with Crippen molar-refractivity contribution in [3.8, 4) is 0 Å². The number of aliphatic hydroxyl groups excluding tert-OH is 1. The first-order valence-corrected chi connectivity index (χ1v) is 18.2. The normalized spacial score (nSPS) is 40.1. The van der Waals surface area contributed by atoms with Gasteiger partial charge in [0.15, 0.2) is 11.5 Å². The van der Waals surface area contributed by atoms with E-state index in [0.717, 1.165) is 37.5 Å². The van der Waals surface area contributed by atoms with Crippen LogP contribution in [0.25, 0.3) is 0 Å². The van der Waals surface area contributed by atoms with E-state index < -0.39 is 0 Å². The topological polar surface area (TPSA) is 68.2 Å². The molecule has 7 aliphatic rings. The maximum atomic E-state index is 12.6. The van der Waals surface area contributed by atoms with Crippen LogP contribution in [-0.2, 0) is 19.0 Å². The Morgan fingerprint density at radius 1 is 1.00 bits per heavy atom. The summed E-state index contributed by atoms with van der Waals surface area (Å²) in [6.45, 7) is 4.91. The highest BCUT2D eigenvalue weighted by atomic mass is 16.6. The van der Waals surface area contributed by atoms with Gasteiger partial charge < -0.3 is 19.3 Å². The van der Waals surface area contributed by atoms with Gasteiger partial charge in [0.1, 0.15) is 5.76 Å². The molecule has 1 aromatic carbocycles. The van der Waals surface area contributed by atoms with Crippen LogP contribution in [0.5, 0.6) is 0 Å². The molecule has 4 heterocycles. The second-order valence-corrected chi connectivity index (χ2v) is 15.4. The van der Waals surface area contributed by atoms with Crippen molar-refractivity contribution < 1.29 is 24.1 Å². The highest BCUT2D eigenvalue weighted by Crippen LogP contribution is 2.57. The largest absolute Gasteiger partial charge is 0.492 e. The molecule has 3 aliphatic carbocycles. The summed E-state index contributed by atoms with van der Waals surface area (Å²) in [6.07, 6.45) is 18.8. The van der Waals surface area contributed by atoms with Crippen molar-refractivity contribution in [3.05, 3.63) is 82.7 Å². The summed E-state index contributed by atoms with van der Waals surface area (Å²) in [7, 11) is 1.59. The Morgan fingerprint density at radius 3 is 2.59 bits per heavy atom. The molecule has 8 rings (SSSR count). The molecule has 46 heavy (non-hydrogen) atoms. The number of cyclic esters (lactones) is 1. The van der Waals surface area contributed by atoms with Crippen molar-refractivity contribution in [2.24, 2.45) is 41.4 Å². The third-order valence-corrected chi connectivity index (χ3v) is 13.3. The van der Waals surface area contributed by atoms with E-state index in [-0.39, 0.29) is 41.9 Å². The number of methoxy groups -OCH3 is 1. The monoisotopic (exact) mass is 625 g/mol. The number of aliphatic hydroxyl groups is 1. The molecule has 0 bridgehead atoms. The summed E-state index contributed by atoms with van der Waals surface area (Å²) in [5.74, 6) is 5.63. The number of allylic oxidation sites excluding steroid dienone is 2. The first kappa shape index (κ1) is 30.5. The molecule has 2 saturated carbocycles. The zero-order valence-corrected chi connectivity index (χ0v) is 27.8. The minimum Gasteiger partial charge on any atom is -0.492 e. The van der Waals surface area contributed by atoms with Gasteiger partial charge in [0.25, 0.3) is 0 Å². The van der Waals surface area contributed by atoms with Crippen LogP contribution in [0.2, 0.25) is 0 Å². The number of fused-ring (bicyclic) bond motifs is 4. The minimum absolute atomic E-state index is 0.0166. The Bertz CT molecular complexity index is 1450. The Balaban J connectivity index is 1.15. The zero-order chi connectivity index (χ0) is 31.5. The Labute approximate surface area is 274 Å².